The van der Waals surface area contributed by atoms with E-state index in [1.54, 1.807) is 0 Å². The molecule has 1 atom stereocenters. The van der Waals surface area contributed by atoms with Gasteiger partial charge in [-0.05, 0) is 25.5 Å². The molecule has 0 heterocycles. The molecule has 5 heteroatoms. The average molecular weight is 302 g/mol. The molecule has 0 aliphatic carbocycles. The Balaban J connectivity index is 2.94. The zero-order valence-corrected chi connectivity index (χ0v) is 11.4. The standard InChI is InChI=1S/C12H16BrNO3/c1-3-12(2,7-13)14-11(17)8-5-4-6-9(15)10(8)16/h4-6,15-16H,3,7H2,1-2H3,(H,14,17). The summed E-state index contributed by atoms with van der Waals surface area (Å²) in [6.07, 6.45) is 0.754. The highest BCUT2D eigenvalue weighted by molar-refractivity contribution is 9.09. The van der Waals surface area contributed by atoms with E-state index in [2.05, 4.69) is 21.2 Å². The Labute approximate surface area is 109 Å². The molecule has 0 saturated heterocycles. The molecule has 0 bridgehead atoms. The number of nitrogens with one attached hydrogen (secondary N) is 1. The molecule has 0 radical (unpaired) electrons. The van der Waals surface area contributed by atoms with Crippen LogP contribution in [0, 0.1) is 0 Å². The molecule has 4 nitrogen and oxygen atoms in total. The summed E-state index contributed by atoms with van der Waals surface area (Å²) in [4.78, 5) is 11.9. The van der Waals surface area contributed by atoms with Crippen molar-refractivity contribution in [3.63, 3.8) is 0 Å². The topological polar surface area (TPSA) is 69.6 Å². The Bertz CT molecular complexity index is 416. The number of hydrogen-bond acceptors (Lipinski definition) is 3. The Kier molecular flexibility index (Phi) is 4.40. The van der Waals surface area contributed by atoms with Gasteiger partial charge < -0.3 is 15.5 Å². The predicted octanol–water partition coefficient (Wildman–Crippen LogP) is 2.39. The first-order valence-corrected chi connectivity index (χ1v) is 6.45. The summed E-state index contributed by atoms with van der Waals surface area (Å²) < 4.78 is 0. The molecule has 0 aliphatic heterocycles. The highest BCUT2D eigenvalue weighted by atomic mass is 79.9. The van der Waals surface area contributed by atoms with E-state index in [1.807, 2.05) is 13.8 Å². The van der Waals surface area contributed by atoms with Crippen LogP contribution in [0.3, 0.4) is 0 Å². The molecule has 1 rings (SSSR count). The van der Waals surface area contributed by atoms with Crippen LogP contribution in [0.25, 0.3) is 0 Å². The maximum absolute atomic E-state index is 11.9. The van der Waals surface area contributed by atoms with Crippen molar-refractivity contribution in [3.05, 3.63) is 23.8 Å². The lowest BCUT2D eigenvalue weighted by Crippen LogP contribution is -2.46. The van der Waals surface area contributed by atoms with Gasteiger partial charge in [-0.15, -0.1) is 0 Å². The largest absolute Gasteiger partial charge is 0.504 e. The van der Waals surface area contributed by atoms with Gasteiger partial charge in [0.05, 0.1) is 5.56 Å². The van der Waals surface area contributed by atoms with Gasteiger partial charge in [-0.3, -0.25) is 4.79 Å². The molecule has 0 aliphatic rings. The fourth-order valence-corrected chi connectivity index (χ4v) is 1.81. The van der Waals surface area contributed by atoms with Crippen LogP contribution in [0.2, 0.25) is 0 Å². The van der Waals surface area contributed by atoms with Crippen molar-refractivity contribution in [2.45, 2.75) is 25.8 Å². The molecular formula is C12H16BrNO3. The number of hydrogen-bond donors (Lipinski definition) is 3. The number of phenolic OH excluding ortho intramolecular Hbond substituents is 2. The first-order chi connectivity index (χ1) is 7.93. The third kappa shape index (κ3) is 3.12. The van der Waals surface area contributed by atoms with Crippen LogP contribution in [0.5, 0.6) is 11.5 Å². The van der Waals surface area contributed by atoms with Crippen LogP contribution in [-0.2, 0) is 0 Å². The summed E-state index contributed by atoms with van der Waals surface area (Å²) in [5.41, 5.74) is -0.305. The Morgan fingerprint density at radius 2 is 2.12 bits per heavy atom. The molecule has 0 aromatic heterocycles. The van der Waals surface area contributed by atoms with Crippen molar-refractivity contribution < 1.29 is 15.0 Å². The molecule has 1 unspecified atom stereocenters. The molecule has 17 heavy (non-hydrogen) atoms. The summed E-state index contributed by atoms with van der Waals surface area (Å²) in [7, 11) is 0. The molecule has 0 fully saturated rings. The lowest BCUT2D eigenvalue weighted by molar-refractivity contribution is 0.0910. The number of amides is 1. The summed E-state index contributed by atoms with van der Waals surface area (Å²) >= 11 is 3.34. The van der Waals surface area contributed by atoms with Gasteiger partial charge in [0.1, 0.15) is 0 Å². The summed E-state index contributed by atoms with van der Waals surface area (Å²) in [6, 6.07) is 4.31. The van der Waals surface area contributed by atoms with Gasteiger partial charge in [-0.1, -0.05) is 28.9 Å². The summed E-state index contributed by atoms with van der Waals surface area (Å²) in [5.74, 6) is -1.09. The smallest absolute Gasteiger partial charge is 0.255 e. The van der Waals surface area contributed by atoms with E-state index in [0.29, 0.717) is 5.33 Å². The molecule has 1 amide bonds. The van der Waals surface area contributed by atoms with E-state index >= 15 is 0 Å². The minimum Gasteiger partial charge on any atom is -0.504 e. The minimum atomic E-state index is -0.401. The third-order valence-corrected chi connectivity index (χ3v) is 3.99. The molecule has 1 aromatic rings. The van der Waals surface area contributed by atoms with Crippen LogP contribution in [-0.4, -0.2) is 27.0 Å². The zero-order chi connectivity index (χ0) is 13.1. The van der Waals surface area contributed by atoms with E-state index in [-0.39, 0.29) is 16.9 Å². The third-order valence-electron chi connectivity index (χ3n) is 2.75. The normalized spacial score (nSPS) is 14.1. The predicted molar refractivity (Wildman–Crippen MR) is 69.7 cm³/mol. The number of aromatic hydroxyl groups is 2. The quantitative estimate of drug-likeness (QED) is 0.591. The number of carbonyl (C=O) groups excluding carboxylic acids is 1. The number of phenols is 2. The van der Waals surface area contributed by atoms with E-state index < -0.39 is 11.7 Å². The summed E-state index contributed by atoms with van der Waals surface area (Å²) in [5, 5.41) is 22.3. The van der Waals surface area contributed by atoms with Crippen molar-refractivity contribution in [1.82, 2.24) is 5.32 Å². The number of alkyl halides is 1. The maximum atomic E-state index is 11.9. The molecule has 0 spiro atoms. The van der Waals surface area contributed by atoms with Gasteiger partial charge in [0, 0.05) is 10.9 Å². The van der Waals surface area contributed by atoms with Crippen LogP contribution in [0.4, 0.5) is 0 Å². The van der Waals surface area contributed by atoms with Gasteiger partial charge in [-0.2, -0.15) is 0 Å². The van der Waals surface area contributed by atoms with Gasteiger partial charge in [-0.25, -0.2) is 0 Å². The number of halogens is 1. The SMILES string of the molecule is CCC(C)(CBr)NC(=O)c1cccc(O)c1O. The van der Waals surface area contributed by atoms with Gasteiger partial charge >= 0.3 is 0 Å². The van der Waals surface area contributed by atoms with Gasteiger partial charge in [0.25, 0.3) is 5.91 Å². The highest BCUT2D eigenvalue weighted by Crippen LogP contribution is 2.28. The van der Waals surface area contributed by atoms with E-state index in [4.69, 9.17) is 0 Å². The van der Waals surface area contributed by atoms with Crippen LogP contribution in [0.15, 0.2) is 18.2 Å². The number of rotatable bonds is 4. The van der Waals surface area contributed by atoms with E-state index in [1.165, 1.54) is 18.2 Å². The number of benzene rings is 1. The molecule has 0 saturated carbocycles. The second-order valence-corrected chi connectivity index (χ2v) is 4.74. The molecule has 3 N–H and O–H groups in total. The minimum absolute atomic E-state index is 0.0747. The zero-order valence-electron chi connectivity index (χ0n) is 9.83. The maximum Gasteiger partial charge on any atom is 0.255 e. The van der Waals surface area contributed by atoms with Crippen molar-refractivity contribution in [2.24, 2.45) is 0 Å². The van der Waals surface area contributed by atoms with E-state index in [0.717, 1.165) is 6.42 Å². The van der Waals surface area contributed by atoms with Crippen molar-refractivity contribution in [1.29, 1.82) is 0 Å². The van der Waals surface area contributed by atoms with Gasteiger partial charge in [0.2, 0.25) is 0 Å². The molecular weight excluding hydrogens is 286 g/mol. The van der Waals surface area contributed by atoms with Crippen molar-refractivity contribution in [3.8, 4) is 11.5 Å². The first kappa shape index (κ1) is 13.8. The average Bonchev–Trinajstić information content (AvgIpc) is 2.32. The fourth-order valence-electron chi connectivity index (χ4n) is 1.27. The second-order valence-electron chi connectivity index (χ2n) is 4.18. The summed E-state index contributed by atoms with van der Waals surface area (Å²) in [6.45, 7) is 3.86. The van der Waals surface area contributed by atoms with E-state index in [9.17, 15) is 15.0 Å². The number of carbonyl (C=O) groups is 1. The van der Waals surface area contributed by atoms with Crippen LogP contribution >= 0.6 is 15.9 Å². The molecule has 94 valence electrons. The Morgan fingerprint density at radius 3 is 2.65 bits per heavy atom. The molecule has 1 aromatic carbocycles. The Hall–Kier alpha value is -1.23. The van der Waals surface area contributed by atoms with Crippen molar-refractivity contribution >= 4 is 21.8 Å². The second kappa shape index (κ2) is 5.40. The highest BCUT2D eigenvalue weighted by Gasteiger charge is 2.25. The monoisotopic (exact) mass is 301 g/mol. The van der Waals surface area contributed by atoms with Crippen LogP contribution in [0.1, 0.15) is 30.6 Å². The fraction of sp³-hybridized carbons (Fsp3) is 0.417. The number of para-hydroxylation sites is 1. The Morgan fingerprint density at radius 1 is 1.47 bits per heavy atom. The first-order valence-electron chi connectivity index (χ1n) is 5.33. The lowest BCUT2D eigenvalue weighted by Gasteiger charge is -2.27. The van der Waals surface area contributed by atoms with Crippen LogP contribution < -0.4 is 5.32 Å². The van der Waals surface area contributed by atoms with Gasteiger partial charge in [0.15, 0.2) is 11.5 Å². The lowest BCUT2D eigenvalue weighted by atomic mass is 10.0. The van der Waals surface area contributed by atoms with Crippen molar-refractivity contribution in [2.75, 3.05) is 5.33 Å².